The van der Waals surface area contributed by atoms with Crippen LogP contribution >= 0.6 is 0 Å². The van der Waals surface area contributed by atoms with E-state index < -0.39 is 0 Å². The van der Waals surface area contributed by atoms with Crippen LogP contribution in [0, 0.1) is 11.7 Å². The molecule has 1 saturated heterocycles. The Morgan fingerprint density at radius 2 is 2.21 bits per heavy atom. The third-order valence-electron chi connectivity index (χ3n) is 4.25. The van der Waals surface area contributed by atoms with Gasteiger partial charge >= 0.3 is 0 Å². The van der Waals surface area contributed by atoms with E-state index >= 15 is 0 Å². The number of nitrogens with one attached hydrogen (secondary N) is 1. The van der Waals surface area contributed by atoms with E-state index in [4.69, 9.17) is 0 Å². The van der Waals surface area contributed by atoms with Crippen LogP contribution in [0.4, 0.5) is 10.2 Å². The van der Waals surface area contributed by atoms with E-state index in [1.165, 1.54) is 12.4 Å². The summed E-state index contributed by atoms with van der Waals surface area (Å²) < 4.78 is 13.6. The summed E-state index contributed by atoms with van der Waals surface area (Å²) in [6.45, 7) is 3.99. The molecule has 0 saturated carbocycles. The third kappa shape index (κ3) is 3.88. The minimum absolute atomic E-state index is 0.0714. The number of anilines is 1. The van der Waals surface area contributed by atoms with Crippen LogP contribution in [0.1, 0.15) is 35.8 Å². The quantitative estimate of drug-likeness (QED) is 0.937. The molecule has 2 aromatic rings. The van der Waals surface area contributed by atoms with E-state index in [0.717, 1.165) is 25.9 Å². The molecule has 1 aliphatic heterocycles. The van der Waals surface area contributed by atoms with Crippen LogP contribution in [-0.4, -0.2) is 33.9 Å². The topological polar surface area (TPSA) is 58.1 Å². The molecule has 6 heteroatoms. The van der Waals surface area contributed by atoms with Crippen LogP contribution in [0.2, 0.25) is 0 Å². The number of hydrogen-bond donors (Lipinski definition) is 1. The number of carbonyl (C=O) groups is 1. The van der Waals surface area contributed by atoms with Gasteiger partial charge in [0, 0.05) is 31.3 Å². The molecule has 1 aromatic heterocycles. The maximum absolute atomic E-state index is 13.6. The van der Waals surface area contributed by atoms with E-state index in [1.807, 2.05) is 4.90 Å². The lowest BCUT2D eigenvalue weighted by molar-refractivity contribution is 0.0677. The molecule has 1 aromatic carbocycles. The number of hydrogen-bond acceptors (Lipinski definition) is 4. The van der Waals surface area contributed by atoms with Gasteiger partial charge < -0.3 is 10.2 Å². The number of amides is 1. The zero-order valence-electron chi connectivity index (χ0n) is 13.7. The van der Waals surface area contributed by atoms with Gasteiger partial charge in [-0.2, -0.15) is 0 Å². The molecule has 24 heavy (non-hydrogen) atoms. The average molecular weight is 328 g/mol. The predicted molar refractivity (Wildman–Crippen MR) is 90.1 cm³/mol. The van der Waals surface area contributed by atoms with Crippen molar-refractivity contribution in [1.29, 1.82) is 0 Å². The van der Waals surface area contributed by atoms with Crippen LogP contribution in [-0.2, 0) is 6.54 Å². The second-order valence-electron chi connectivity index (χ2n) is 6.23. The fraction of sp³-hybridized carbons (Fsp3) is 0.389. The van der Waals surface area contributed by atoms with Crippen molar-refractivity contribution in [2.45, 2.75) is 26.3 Å². The van der Waals surface area contributed by atoms with Crippen molar-refractivity contribution in [2.75, 3.05) is 18.4 Å². The van der Waals surface area contributed by atoms with Crippen molar-refractivity contribution < 1.29 is 9.18 Å². The molecule has 0 spiro atoms. The summed E-state index contributed by atoms with van der Waals surface area (Å²) in [5.74, 6) is 0.695. The lowest BCUT2D eigenvalue weighted by Crippen LogP contribution is -2.39. The highest BCUT2D eigenvalue weighted by molar-refractivity contribution is 5.93. The first-order valence-electron chi connectivity index (χ1n) is 8.22. The summed E-state index contributed by atoms with van der Waals surface area (Å²) in [7, 11) is 0. The normalized spacial score (nSPS) is 17.6. The molecule has 0 bridgehead atoms. The summed E-state index contributed by atoms with van der Waals surface area (Å²) in [4.78, 5) is 22.6. The van der Waals surface area contributed by atoms with Crippen molar-refractivity contribution in [2.24, 2.45) is 5.92 Å². The molecule has 1 atom stereocenters. The van der Waals surface area contributed by atoms with Gasteiger partial charge in [-0.15, -0.1) is 0 Å². The molecule has 1 fully saturated rings. The maximum Gasteiger partial charge on any atom is 0.272 e. The number of likely N-dealkylation sites (tertiary alicyclic amines) is 1. The largest absolute Gasteiger partial charge is 0.366 e. The molecular weight excluding hydrogens is 307 g/mol. The molecular formula is C18H21FN4O. The van der Waals surface area contributed by atoms with E-state index in [1.54, 1.807) is 24.3 Å². The lowest BCUT2D eigenvalue weighted by atomic mass is 10.00. The van der Waals surface area contributed by atoms with Gasteiger partial charge in [-0.1, -0.05) is 25.1 Å². The SMILES string of the molecule is CC1CCCN(C(=O)c2cc(NCc3ccccc3F)ncn2)C1. The molecule has 0 aliphatic carbocycles. The van der Waals surface area contributed by atoms with Gasteiger partial charge in [0.05, 0.1) is 0 Å². The Balaban J connectivity index is 1.67. The van der Waals surface area contributed by atoms with Gasteiger partial charge in [0.1, 0.15) is 23.7 Å². The molecule has 126 valence electrons. The minimum Gasteiger partial charge on any atom is -0.366 e. The molecule has 1 unspecified atom stereocenters. The van der Waals surface area contributed by atoms with Gasteiger partial charge in [-0.3, -0.25) is 4.79 Å². The summed E-state index contributed by atoms with van der Waals surface area (Å²) in [5, 5.41) is 3.05. The highest BCUT2D eigenvalue weighted by Crippen LogP contribution is 2.18. The monoisotopic (exact) mass is 328 g/mol. The van der Waals surface area contributed by atoms with Crippen LogP contribution in [0.3, 0.4) is 0 Å². The molecule has 3 rings (SSSR count). The van der Waals surface area contributed by atoms with Crippen LogP contribution in [0.5, 0.6) is 0 Å². The summed E-state index contributed by atoms with van der Waals surface area (Å²) >= 11 is 0. The van der Waals surface area contributed by atoms with E-state index in [0.29, 0.717) is 29.5 Å². The summed E-state index contributed by atoms with van der Waals surface area (Å²) in [6.07, 6.45) is 3.55. The Morgan fingerprint density at radius 3 is 3.00 bits per heavy atom. The number of aromatic nitrogens is 2. The van der Waals surface area contributed by atoms with Crippen molar-refractivity contribution in [3.63, 3.8) is 0 Å². The predicted octanol–water partition coefficient (Wildman–Crippen LogP) is 3.10. The summed E-state index contributed by atoms with van der Waals surface area (Å²) in [5.41, 5.74) is 0.920. The van der Waals surface area contributed by atoms with Gasteiger partial charge in [0.25, 0.3) is 5.91 Å². The average Bonchev–Trinajstić information content (AvgIpc) is 2.61. The first-order valence-corrected chi connectivity index (χ1v) is 8.22. The van der Waals surface area contributed by atoms with Gasteiger partial charge in [-0.05, 0) is 24.8 Å². The number of rotatable bonds is 4. The third-order valence-corrected chi connectivity index (χ3v) is 4.25. The van der Waals surface area contributed by atoms with Gasteiger partial charge in [0.2, 0.25) is 0 Å². The van der Waals surface area contributed by atoms with Crippen molar-refractivity contribution in [1.82, 2.24) is 14.9 Å². The fourth-order valence-corrected chi connectivity index (χ4v) is 2.93. The Hall–Kier alpha value is -2.50. The standard InChI is InChI=1S/C18H21FN4O/c1-13-5-4-8-23(11-13)18(24)16-9-17(22-12-21-16)20-10-14-6-2-3-7-15(14)19/h2-3,6-7,9,12-13H,4-5,8,10-11H2,1H3,(H,20,21,22). The second kappa shape index (κ2) is 7.38. The number of carbonyl (C=O) groups excluding carboxylic acids is 1. The molecule has 1 N–H and O–H groups in total. The Kier molecular flexibility index (Phi) is 5.03. The highest BCUT2D eigenvalue weighted by atomic mass is 19.1. The van der Waals surface area contributed by atoms with Crippen molar-refractivity contribution >= 4 is 11.7 Å². The molecule has 1 amide bonds. The zero-order chi connectivity index (χ0) is 16.9. The maximum atomic E-state index is 13.6. The minimum atomic E-state index is -0.266. The number of halogens is 1. The molecule has 2 heterocycles. The Bertz CT molecular complexity index is 722. The first-order chi connectivity index (χ1) is 11.6. The Labute approximate surface area is 140 Å². The van der Waals surface area contributed by atoms with E-state index in [-0.39, 0.29) is 11.7 Å². The van der Waals surface area contributed by atoms with E-state index in [9.17, 15) is 9.18 Å². The number of nitrogens with zero attached hydrogens (tertiary/aromatic N) is 3. The van der Waals surface area contributed by atoms with Crippen molar-refractivity contribution in [3.05, 3.63) is 53.7 Å². The van der Waals surface area contributed by atoms with Crippen LogP contribution in [0.15, 0.2) is 36.7 Å². The van der Waals surface area contributed by atoms with Crippen LogP contribution in [0.25, 0.3) is 0 Å². The number of piperidine rings is 1. The molecule has 0 radical (unpaired) electrons. The van der Waals surface area contributed by atoms with Crippen LogP contribution < -0.4 is 5.32 Å². The fourth-order valence-electron chi connectivity index (χ4n) is 2.93. The first kappa shape index (κ1) is 16.4. The van der Waals surface area contributed by atoms with Gasteiger partial charge in [-0.25, -0.2) is 14.4 Å². The second-order valence-corrected chi connectivity index (χ2v) is 6.23. The molecule has 1 aliphatic rings. The lowest BCUT2D eigenvalue weighted by Gasteiger charge is -2.30. The molecule has 5 nitrogen and oxygen atoms in total. The Morgan fingerprint density at radius 1 is 1.38 bits per heavy atom. The highest BCUT2D eigenvalue weighted by Gasteiger charge is 2.23. The zero-order valence-corrected chi connectivity index (χ0v) is 13.7. The smallest absolute Gasteiger partial charge is 0.272 e. The summed E-state index contributed by atoms with van der Waals surface area (Å²) in [6, 6.07) is 8.20. The van der Waals surface area contributed by atoms with Gasteiger partial charge in [0.15, 0.2) is 0 Å². The number of benzene rings is 1. The van der Waals surface area contributed by atoms with E-state index in [2.05, 4.69) is 22.2 Å². The van der Waals surface area contributed by atoms with Crippen molar-refractivity contribution in [3.8, 4) is 0 Å².